The minimum atomic E-state index is -1.00. The molecule has 15 heteroatoms. The molecule has 2 saturated heterocycles. The number of benzene rings is 3. The number of unbranched alkanes of at least 4 members (excludes halogenated alkanes) is 1. The molecule has 0 radical (unpaired) electrons. The summed E-state index contributed by atoms with van der Waals surface area (Å²) in [5.41, 5.74) is 4.90. The van der Waals surface area contributed by atoms with Gasteiger partial charge in [0.2, 0.25) is 11.8 Å². The highest BCUT2D eigenvalue weighted by Gasteiger charge is 2.39. The molecule has 2 aliphatic rings. The molecule has 4 atom stereocenters. The average Bonchev–Trinajstić information content (AvgIpc) is 4.09. The van der Waals surface area contributed by atoms with Crippen molar-refractivity contribution in [3.63, 3.8) is 0 Å². The van der Waals surface area contributed by atoms with Crippen LogP contribution < -0.4 is 16.0 Å². The SMILES string of the molecule is CCCCn1c2cc(NC(=O)[C@@H]3CCCN3C(=O)[C@H](NC(=O)OC)c3ccccc3)ccc2c2ccc(-c3c[nH]c([C@@H]4CCCN4C(=O)[C@@H](NC(=O)OC)C(C)C)n3)cc21. The molecular weight excluding hydrogens is 765 g/mol. The topological polar surface area (TPSA) is 180 Å². The number of anilines is 1. The van der Waals surface area contributed by atoms with E-state index in [0.29, 0.717) is 43.0 Å². The molecule has 7 rings (SSSR count). The van der Waals surface area contributed by atoms with Crippen molar-refractivity contribution in [2.45, 2.75) is 90.0 Å². The van der Waals surface area contributed by atoms with Gasteiger partial charge in [-0.15, -0.1) is 0 Å². The number of aromatic nitrogens is 3. The number of fused-ring (bicyclic) bond motifs is 3. The Morgan fingerprint density at radius 3 is 2.23 bits per heavy atom. The first kappa shape index (κ1) is 41.8. The zero-order valence-electron chi connectivity index (χ0n) is 34.8. The molecule has 316 valence electrons. The van der Waals surface area contributed by atoms with E-state index in [-0.39, 0.29) is 29.7 Å². The van der Waals surface area contributed by atoms with E-state index in [2.05, 4.69) is 50.6 Å². The Hall–Kier alpha value is -6.38. The summed E-state index contributed by atoms with van der Waals surface area (Å²) in [6, 6.07) is 18.5. The van der Waals surface area contributed by atoms with E-state index in [0.717, 1.165) is 65.3 Å². The van der Waals surface area contributed by atoms with Crippen molar-refractivity contribution in [3.8, 4) is 11.3 Å². The van der Waals surface area contributed by atoms with Gasteiger partial charge in [-0.2, -0.15) is 0 Å². The van der Waals surface area contributed by atoms with Crippen LogP contribution in [0.1, 0.15) is 82.8 Å². The Labute approximate surface area is 349 Å². The number of methoxy groups -OCH3 is 2. The standard InChI is InChI=1S/C45H54N8O7/c1-6-7-21-51-36-24-29(33-26-46-40(48-33)34-15-11-22-52(34)42(55)38(27(2)3)49-44(57)59-4)17-19-31(36)32-20-18-30(25-37(32)51)47-41(54)35-16-12-23-53(35)43(56)39(50-45(58)60-5)28-13-9-8-10-14-28/h8-10,13-14,17-20,24-27,34-35,38-39H,6-7,11-12,15-16,21-23H2,1-5H3,(H,46,48)(H,47,54)(H,49,57)(H,50,58)/t34-,35-,38-,39+/m0/s1. The number of imidazole rings is 1. The number of nitrogens with one attached hydrogen (secondary N) is 4. The van der Waals surface area contributed by atoms with Gasteiger partial charge in [-0.1, -0.05) is 75.7 Å². The highest BCUT2D eigenvalue weighted by molar-refractivity contribution is 6.10. The first-order valence-corrected chi connectivity index (χ1v) is 20.8. The molecule has 5 amide bonds. The van der Waals surface area contributed by atoms with E-state index < -0.39 is 30.3 Å². The van der Waals surface area contributed by atoms with Crippen LogP contribution in [0.15, 0.2) is 72.9 Å². The third-order valence-corrected chi connectivity index (χ3v) is 11.7. The highest BCUT2D eigenvalue weighted by atomic mass is 16.5. The van der Waals surface area contributed by atoms with Crippen molar-refractivity contribution in [1.29, 1.82) is 0 Å². The van der Waals surface area contributed by atoms with Gasteiger partial charge >= 0.3 is 12.2 Å². The predicted octanol–water partition coefficient (Wildman–Crippen LogP) is 7.06. The Balaban J connectivity index is 1.13. The van der Waals surface area contributed by atoms with Gasteiger partial charge < -0.3 is 44.8 Å². The van der Waals surface area contributed by atoms with Crippen molar-refractivity contribution in [3.05, 3.63) is 84.3 Å². The van der Waals surface area contributed by atoms with Crippen LogP contribution in [0.25, 0.3) is 33.1 Å². The van der Waals surface area contributed by atoms with Gasteiger partial charge in [0.15, 0.2) is 0 Å². The first-order chi connectivity index (χ1) is 29.0. The van der Waals surface area contributed by atoms with E-state index >= 15 is 0 Å². The molecular formula is C45H54N8O7. The highest BCUT2D eigenvalue weighted by Crippen LogP contribution is 2.36. The van der Waals surface area contributed by atoms with Crippen molar-refractivity contribution >= 4 is 57.4 Å². The number of rotatable bonds is 13. The van der Waals surface area contributed by atoms with Crippen molar-refractivity contribution in [2.75, 3.05) is 32.6 Å². The number of amides is 5. The van der Waals surface area contributed by atoms with Gasteiger partial charge in [-0.3, -0.25) is 14.4 Å². The van der Waals surface area contributed by atoms with Crippen molar-refractivity contribution in [1.82, 2.24) is 35.0 Å². The van der Waals surface area contributed by atoms with Crippen LogP contribution in [-0.2, 0) is 30.4 Å². The molecule has 5 aromatic rings. The number of H-pyrrole nitrogens is 1. The first-order valence-electron chi connectivity index (χ1n) is 20.8. The summed E-state index contributed by atoms with van der Waals surface area (Å²) in [5.74, 6) is -0.262. The van der Waals surface area contributed by atoms with E-state index in [4.69, 9.17) is 14.5 Å². The number of carbonyl (C=O) groups is 5. The molecule has 0 bridgehead atoms. The minimum Gasteiger partial charge on any atom is -0.453 e. The number of hydrogen-bond acceptors (Lipinski definition) is 8. The lowest BCUT2D eigenvalue weighted by molar-refractivity contribution is -0.138. The monoisotopic (exact) mass is 818 g/mol. The van der Waals surface area contributed by atoms with Gasteiger partial charge in [-0.05, 0) is 61.8 Å². The number of alkyl carbamates (subject to hydrolysis) is 2. The fourth-order valence-corrected chi connectivity index (χ4v) is 8.54. The summed E-state index contributed by atoms with van der Waals surface area (Å²) in [6.45, 7) is 7.66. The zero-order chi connectivity index (χ0) is 42.5. The lowest BCUT2D eigenvalue weighted by atomic mass is 10.0. The number of nitrogens with zero attached hydrogens (tertiary/aromatic N) is 4. The Morgan fingerprint density at radius 2 is 1.52 bits per heavy atom. The Morgan fingerprint density at radius 1 is 0.833 bits per heavy atom. The third kappa shape index (κ3) is 8.52. The number of carbonyl (C=O) groups excluding carboxylic acids is 5. The number of ether oxygens (including phenoxy) is 2. The molecule has 2 aromatic heterocycles. The number of hydrogen-bond donors (Lipinski definition) is 4. The predicted molar refractivity (Wildman–Crippen MR) is 228 cm³/mol. The lowest BCUT2D eigenvalue weighted by Crippen LogP contribution is -2.51. The minimum absolute atomic E-state index is 0.131. The molecule has 2 fully saturated rings. The maximum absolute atomic E-state index is 13.9. The van der Waals surface area contributed by atoms with E-state index in [1.54, 1.807) is 34.1 Å². The lowest BCUT2D eigenvalue weighted by Gasteiger charge is -2.29. The summed E-state index contributed by atoms with van der Waals surface area (Å²) < 4.78 is 11.9. The maximum Gasteiger partial charge on any atom is 0.407 e. The smallest absolute Gasteiger partial charge is 0.407 e. The molecule has 2 aliphatic heterocycles. The van der Waals surface area contributed by atoms with Crippen LogP contribution in [0.4, 0.5) is 15.3 Å². The normalized spacial score (nSPS) is 17.5. The van der Waals surface area contributed by atoms with E-state index in [1.807, 2.05) is 44.3 Å². The fraction of sp³-hybridized carbons (Fsp3) is 0.422. The fourth-order valence-electron chi connectivity index (χ4n) is 8.54. The molecule has 60 heavy (non-hydrogen) atoms. The van der Waals surface area contributed by atoms with Gasteiger partial charge in [0.05, 0.1) is 31.5 Å². The average molecular weight is 819 g/mol. The quantitative estimate of drug-likeness (QED) is 0.0976. The van der Waals surface area contributed by atoms with Crippen LogP contribution in [-0.4, -0.2) is 93.6 Å². The molecule has 3 aromatic carbocycles. The van der Waals surface area contributed by atoms with E-state index in [1.165, 1.54) is 14.2 Å². The Bertz CT molecular complexity index is 2370. The maximum atomic E-state index is 13.9. The summed E-state index contributed by atoms with van der Waals surface area (Å²) in [5, 5.41) is 10.6. The molecule has 0 aliphatic carbocycles. The largest absolute Gasteiger partial charge is 0.453 e. The third-order valence-electron chi connectivity index (χ3n) is 11.7. The molecule has 0 unspecified atom stereocenters. The summed E-state index contributed by atoms with van der Waals surface area (Å²) in [4.78, 5) is 77.6. The summed E-state index contributed by atoms with van der Waals surface area (Å²) in [6.07, 6.45) is 5.16. The van der Waals surface area contributed by atoms with Crippen molar-refractivity contribution in [2.24, 2.45) is 5.92 Å². The zero-order valence-corrected chi connectivity index (χ0v) is 34.8. The number of aryl methyl sites for hydroxylation is 1. The van der Waals surface area contributed by atoms with Crippen LogP contribution >= 0.6 is 0 Å². The molecule has 15 nitrogen and oxygen atoms in total. The number of aromatic amines is 1. The molecule has 4 heterocycles. The Kier molecular flexibility index (Phi) is 12.7. The summed E-state index contributed by atoms with van der Waals surface area (Å²) in [7, 11) is 2.53. The van der Waals surface area contributed by atoms with Crippen molar-refractivity contribution < 1.29 is 33.4 Å². The van der Waals surface area contributed by atoms with E-state index in [9.17, 15) is 24.0 Å². The van der Waals surface area contributed by atoms with Crippen LogP contribution in [0.3, 0.4) is 0 Å². The van der Waals surface area contributed by atoms with Gasteiger partial charge in [0, 0.05) is 53.4 Å². The second-order valence-corrected chi connectivity index (χ2v) is 15.8. The molecule has 4 N–H and O–H groups in total. The van der Waals surface area contributed by atoms with Crippen LogP contribution in [0, 0.1) is 5.92 Å². The van der Waals surface area contributed by atoms with Crippen LogP contribution in [0.5, 0.6) is 0 Å². The number of likely N-dealkylation sites (tertiary alicyclic amines) is 2. The molecule has 0 saturated carbocycles. The second kappa shape index (κ2) is 18.3. The second-order valence-electron chi connectivity index (χ2n) is 15.8. The summed E-state index contributed by atoms with van der Waals surface area (Å²) >= 11 is 0. The van der Waals surface area contributed by atoms with Gasteiger partial charge in [0.25, 0.3) is 5.91 Å². The van der Waals surface area contributed by atoms with Gasteiger partial charge in [0.1, 0.15) is 23.9 Å². The van der Waals surface area contributed by atoms with Crippen LogP contribution in [0.2, 0.25) is 0 Å². The van der Waals surface area contributed by atoms with Gasteiger partial charge in [-0.25, -0.2) is 14.6 Å². The molecule has 0 spiro atoms.